The van der Waals surface area contributed by atoms with Gasteiger partial charge in [-0.05, 0) is 12.1 Å². The van der Waals surface area contributed by atoms with E-state index in [2.05, 4.69) is 10.4 Å². The van der Waals surface area contributed by atoms with Gasteiger partial charge >= 0.3 is 5.97 Å². The van der Waals surface area contributed by atoms with Crippen molar-refractivity contribution in [2.24, 2.45) is 0 Å². The summed E-state index contributed by atoms with van der Waals surface area (Å²) in [4.78, 5) is 10.7. The fourth-order valence-corrected chi connectivity index (χ4v) is 1.54. The Morgan fingerprint density at radius 1 is 1.58 bits per heavy atom. The molecule has 0 radical (unpaired) electrons. The molecule has 2 aromatic rings. The Morgan fingerprint density at radius 3 is 3.11 bits per heavy atom. The highest BCUT2D eigenvalue weighted by atomic mass is 16.5. The Morgan fingerprint density at radius 2 is 2.42 bits per heavy atom. The quantitative estimate of drug-likeness (QED) is 0.787. The Hall–Kier alpha value is -2.28. The molecule has 0 atom stereocenters. The largest absolute Gasteiger partial charge is 0.475 e. The standard InChI is InChI=1S/C12H15N3O4/c1-18-5-4-15-8-9(6-14-15)13-7-10-2-3-11(19-10)12(16)17/h2-3,6,8,13H,4-5,7H2,1H3,(H,16,17). The van der Waals surface area contributed by atoms with Crippen LogP contribution in [0.5, 0.6) is 0 Å². The van der Waals surface area contributed by atoms with Crippen molar-refractivity contribution in [3.63, 3.8) is 0 Å². The number of hydrogen-bond acceptors (Lipinski definition) is 5. The topological polar surface area (TPSA) is 89.5 Å². The van der Waals surface area contributed by atoms with Crippen LogP contribution in [0.25, 0.3) is 0 Å². The minimum absolute atomic E-state index is 0.0624. The van der Waals surface area contributed by atoms with Gasteiger partial charge in [0, 0.05) is 13.3 Å². The van der Waals surface area contributed by atoms with Crippen molar-refractivity contribution in [1.82, 2.24) is 9.78 Å². The zero-order valence-corrected chi connectivity index (χ0v) is 10.5. The van der Waals surface area contributed by atoms with Crippen molar-refractivity contribution in [3.8, 4) is 0 Å². The van der Waals surface area contributed by atoms with Gasteiger partial charge in [0.2, 0.25) is 5.76 Å². The van der Waals surface area contributed by atoms with Gasteiger partial charge in [0.25, 0.3) is 0 Å². The maximum Gasteiger partial charge on any atom is 0.371 e. The zero-order valence-electron chi connectivity index (χ0n) is 10.5. The van der Waals surface area contributed by atoms with Crippen LogP contribution in [0.4, 0.5) is 5.69 Å². The number of hydrogen-bond donors (Lipinski definition) is 2. The molecule has 19 heavy (non-hydrogen) atoms. The lowest BCUT2D eigenvalue weighted by Gasteiger charge is -2.00. The highest BCUT2D eigenvalue weighted by molar-refractivity contribution is 5.84. The highest BCUT2D eigenvalue weighted by Gasteiger charge is 2.08. The molecule has 0 aromatic carbocycles. The Bertz CT molecular complexity index is 547. The summed E-state index contributed by atoms with van der Waals surface area (Å²) in [5, 5.41) is 16.0. The fraction of sp³-hybridized carbons (Fsp3) is 0.333. The summed E-state index contributed by atoms with van der Waals surface area (Å²) < 4.78 is 11.8. The monoisotopic (exact) mass is 265 g/mol. The van der Waals surface area contributed by atoms with Crippen LogP contribution in [-0.2, 0) is 17.8 Å². The summed E-state index contributed by atoms with van der Waals surface area (Å²) in [6.45, 7) is 1.69. The molecule has 7 heteroatoms. The molecule has 0 saturated carbocycles. The second-order valence-electron chi connectivity index (χ2n) is 3.91. The average molecular weight is 265 g/mol. The van der Waals surface area contributed by atoms with E-state index in [-0.39, 0.29) is 5.76 Å². The number of nitrogens with zero attached hydrogens (tertiary/aromatic N) is 2. The number of carboxylic acids is 1. The van der Waals surface area contributed by atoms with Crippen LogP contribution in [0, 0.1) is 0 Å². The van der Waals surface area contributed by atoms with E-state index in [0.29, 0.717) is 25.5 Å². The molecule has 0 aliphatic heterocycles. The lowest BCUT2D eigenvalue weighted by molar-refractivity contribution is 0.0660. The van der Waals surface area contributed by atoms with Crippen LogP contribution >= 0.6 is 0 Å². The molecule has 2 N–H and O–H groups in total. The Kier molecular flexibility index (Phi) is 4.19. The zero-order chi connectivity index (χ0) is 13.7. The van der Waals surface area contributed by atoms with Crippen molar-refractivity contribution >= 4 is 11.7 Å². The molecule has 0 amide bonds. The summed E-state index contributed by atoms with van der Waals surface area (Å²) in [6.07, 6.45) is 3.54. The number of anilines is 1. The Balaban J connectivity index is 1.87. The number of aromatic nitrogens is 2. The van der Waals surface area contributed by atoms with Crippen LogP contribution < -0.4 is 5.32 Å². The van der Waals surface area contributed by atoms with Crippen molar-refractivity contribution in [1.29, 1.82) is 0 Å². The van der Waals surface area contributed by atoms with E-state index in [1.165, 1.54) is 6.07 Å². The number of carbonyl (C=O) groups is 1. The highest BCUT2D eigenvalue weighted by Crippen LogP contribution is 2.11. The first kappa shape index (κ1) is 13.2. The minimum Gasteiger partial charge on any atom is -0.475 e. The van der Waals surface area contributed by atoms with Crippen LogP contribution in [-0.4, -0.2) is 34.6 Å². The molecule has 0 fully saturated rings. The summed E-state index contributed by atoms with van der Waals surface area (Å²) in [6, 6.07) is 3.06. The van der Waals surface area contributed by atoms with Gasteiger partial charge in [0.05, 0.1) is 31.6 Å². The molecular weight excluding hydrogens is 250 g/mol. The van der Waals surface area contributed by atoms with Crippen LogP contribution in [0.1, 0.15) is 16.3 Å². The fourth-order valence-electron chi connectivity index (χ4n) is 1.54. The summed E-state index contributed by atoms with van der Waals surface area (Å²) in [5.74, 6) is -0.576. The van der Waals surface area contributed by atoms with E-state index in [0.717, 1.165) is 5.69 Å². The van der Waals surface area contributed by atoms with Crippen LogP contribution in [0.3, 0.4) is 0 Å². The van der Waals surface area contributed by atoms with Gasteiger partial charge in [-0.3, -0.25) is 4.68 Å². The third kappa shape index (κ3) is 3.59. The lowest BCUT2D eigenvalue weighted by Crippen LogP contribution is -2.04. The van der Waals surface area contributed by atoms with Gasteiger partial charge in [-0.1, -0.05) is 0 Å². The lowest BCUT2D eigenvalue weighted by atomic mass is 10.4. The van der Waals surface area contributed by atoms with E-state index in [1.54, 1.807) is 24.1 Å². The van der Waals surface area contributed by atoms with E-state index in [4.69, 9.17) is 14.3 Å². The molecule has 2 rings (SSSR count). The molecule has 2 heterocycles. The SMILES string of the molecule is COCCn1cc(NCc2ccc(C(=O)O)o2)cn1. The summed E-state index contributed by atoms with van der Waals surface area (Å²) >= 11 is 0. The number of ether oxygens (including phenoxy) is 1. The third-order valence-electron chi connectivity index (χ3n) is 2.50. The first-order chi connectivity index (χ1) is 9.19. The molecule has 0 aliphatic carbocycles. The third-order valence-corrected chi connectivity index (χ3v) is 2.50. The Labute approximate surface area is 109 Å². The number of carboxylic acid groups (broad SMARTS) is 1. The second-order valence-corrected chi connectivity index (χ2v) is 3.91. The minimum atomic E-state index is -1.07. The van der Waals surface area contributed by atoms with Gasteiger partial charge in [0.1, 0.15) is 5.76 Å². The predicted molar refractivity (Wildman–Crippen MR) is 67.1 cm³/mol. The smallest absolute Gasteiger partial charge is 0.371 e. The molecule has 102 valence electrons. The second kappa shape index (κ2) is 6.05. The first-order valence-electron chi connectivity index (χ1n) is 5.76. The molecule has 0 aliphatic rings. The van der Waals surface area contributed by atoms with Gasteiger partial charge in [0.15, 0.2) is 0 Å². The summed E-state index contributed by atoms with van der Waals surface area (Å²) in [7, 11) is 1.64. The normalized spacial score (nSPS) is 10.6. The maximum absolute atomic E-state index is 10.7. The molecule has 0 bridgehead atoms. The van der Waals surface area contributed by atoms with E-state index in [9.17, 15) is 4.79 Å². The van der Waals surface area contributed by atoms with E-state index in [1.807, 2.05) is 6.20 Å². The van der Waals surface area contributed by atoms with Gasteiger partial charge in [-0.15, -0.1) is 0 Å². The number of nitrogens with one attached hydrogen (secondary N) is 1. The number of rotatable bonds is 7. The number of furan rings is 1. The van der Waals surface area contributed by atoms with Gasteiger partial charge in [-0.2, -0.15) is 5.10 Å². The van der Waals surface area contributed by atoms with Crippen LogP contribution in [0.15, 0.2) is 28.9 Å². The molecule has 7 nitrogen and oxygen atoms in total. The molecule has 0 saturated heterocycles. The molecule has 2 aromatic heterocycles. The van der Waals surface area contributed by atoms with E-state index < -0.39 is 5.97 Å². The molecular formula is C12H15N3O4. The van der Waals surface area contributed by atoms with Gasteiger partial charge in [-0.25, -0.2) is 4.79 Å². The average Bonchev–Trinajstić information content (AvgIpc) is 3.03. The summed E-state index contributed by atoms with van der Waals surface area (Å²) in [5.41, 5.74) is 0.837. The van der Waals surface area contributed by atoms with Crippen LogP contribution in [0.2, 0.25) is 0 Å². The number of methoxy groups -OCH3 is 1. The predicted octanol–water partition coefficient (Wildman–Crippen LogP) is 1.43. The molecule has 0 spiro atoms. The van der Waals surface area contributed by atoms with Crippen molar-refractivity contribution < 1.29 is 19.1 Å². The van der Waals surface area contributed by atoms with Crippen molar-refractivity contribution in [2.45, 2.75) is 13.1 Å². The van der Waals surface area contributed by atoms with Crippen molar-refractivity contribution in [2.75, 3.05) is 19.0 Å². The maximum atomic E-state index is 10.7. The van der Waals surface area contributed by atoms with Crippen molar-refractivity contribution in [3.05, 3.63) is 36.0 Å². The number of aromatic carboxylic acids is 1. The van der Waals surface area contributed by atoms with E-state index >= 15 is 0 Å². The first-order valence-corrected chi connectivity index (χ1v) is 5.76. The van der Waals surface area contributed by atoms with Gasteiger partial charge < -0.3 is 19.6 Å². The molecule has 0 unspecified atom stereocenters.